The molecule has 2 heterocycles. The minimum atomic E-state index is -0.624. The van der Waals surface area contributed by atoms with Gasteiger partial charge in [-0.25, -0.2) is 0 Å². The van der Waals surface area contributed by atoms with E-state index in [4.69, 9.17) is 16.3 Å². The van der Waals surface area contributed by atoms with E-state index in [0.717, 1.165) is 17.7 Å². The van der Waals surface area contributed by atoms with Crippen LogP contribution in [0.3, 0.4) is 0 Å². The zero-order valence-corrected chi connectivity index (χ0v) is 10.5. The van der Waals surface area contributed by atoms with Crippen molar-refractivity contribution in [1.29, 1.82) is 0 Å². The lowest BCUT2D eigenvalue weighted by atomic mass is 9.93. The maximum atomic E-state index is 11.3. The second kappa shape index (κ2) is 4.53. The lowest BCUT2D eigenvalue weighted by Crippen LogP contribution is -2.13. The highest BCUT2D eigenvalue weighted by atomic mass is 35.5. The summed E-state index contributed by atoms with van der Waals surface area (Å²) in [5.74, 6) is 0.0579. The number of rotatable bonds is 2. The Morgan fingerprint density at radius 1 is 1.50 bits per heavy atom. The number of halogens is 1. The zero-order chi connectivity index (χ0) is 12.7. The lowest BCUT2D eigenvalue weighted by molar-refractivity contribution is -0.115. The van der Waals surface area contributed by atoms with Crippen molar-refractivity contribution in [3.8, 4) is 0 Å². The van der Waals surface area contributed by atoms with E-state index in [2.05, 4.69) is 5.32 Å². The maximum Gasteiger partial charge on any atom is 0.228 e. The number of carbonyl (C=O) groups excluding carboxylic acids is 1. The van der Waals surface area contributed by atoms with Crippen LogP contribution in [-0.4, -0.2) is 24.2 Å². The Bertz CT molecular complexity index is 497. The summed E-state index contributed by atoms with van der Waals surface area (Å²) in [5, 5.41) is 13.6. The van der Waals surface area contributed by atoms with Crippen LogP contribution in [0.5, 0.6) is 0 Å². The van der Waals surface area contributed by atoms with Gasteiger partial charge in [0.1, 0.15) is 0 Å². The Kier molecular flexibility index (Phi) is 3.01. The third kappa shape index (κ3) is 2.00. The van der Waals surface area contributed by atoms with Gasteiger partial charge in [0.25, 0.3) is 0 Å². The van der Waals surface area contributed by atoms with Crippen LogP contribution in [0, 0.1) is 5.92 Å². The van der Waals surface area contributed by atoms with Crippen molar-refractivity contribution in [2.45, 2.75) is 18.9 Å². The van der Waals surface area contributed by atoms with Gasteiger partial charge in [-0.05, 0) is 29.7 Å². The topological polar surface area (TPSA) is 58.6 Å². The van der Waals surface area contributed by atoms with Crippen molar-refractivity contribution in [3.63, 3.8) is 0 Å². The van der Waals surface area contributed by atoms with Crippen molar-refractivity contribution in [1.82, 2.24) is 0 Å². The molecule has 3 rings (SSSR count). The molecule has 0 aromatic heterocycles. The molecule has 1 saturated heterocycles. The number of aliphatic hydroxyl groups is 1. The third-order valence-corrected chi connectivity index (χ3v) is 3.91. The Morgan fingerprint density at radius 3 is 3.06 bits per heavy atom. The Labute approximate surface area is 110 Å². The van der Waals surface area contributed by atoms with Gasteiger partial charge >= 0.3 is 0 Å². The SMILES string of the molecule is O=C1Cc2cc(C(O)C3CCOC3)c(Cl)cc2N1. The molecule has 0 spiro atoms. The molecule has 96 valence electrons. The second-order valence-corrected chi connectivity index (χ2v) is 5.23. The molecule has 1 aromatic carbocycles. The fourth-order valence-electron chi connectivity index (χ4n) is 2.55. The smallest absolute Gasteiger partial charge is 0.228 e. The first-order chi connectivity index (χ1) is 8.65. The molecular weight excluding hydrogens is 254 g/mol. The fourth-order valence-corrected chi connectivity index (χ4v) is 2.82. The molecule has 18 heavy (non-hydrogen) atoms. The summed E-state index contributed by atoms with van der Waals surface area (Å²) in [6.07, 6.45) is 0.570. The van der Waals surface area contributed by atoms with Gasteiger partial charge in [-0.1, -0.05) is 11.6 Å². The summed E-state index contributed by atoms with van der Waals surface area (Å²) in [5.41, 5.74) is 2.35. The fraction of sp³-hybridized carbons (Fsp3) is 0.462. The van der Waals surface area contributed by atoms with Crippen LogP contribution in [0.4, 0.5) is 5.69 Å². The highest BCUT2D eigenvalue weighted by molar-refractivity contribution is 6.32. The summed E-state index contributed by atoms with van der Waals surface area (Å²) < 4.78 is 5.28. The van der Waals surface area contributed by atoms with Gasteiger partial charge < -0.3 is 15.2 Å². The van der Waals surface area contributed by atoms with Crippen LogP contribution in [0.15, 0.2) is 12.1 Å². The largest absolute Gasteiger partial charge is 0.388 e. The summed E-state index contributed by atoms with van der Waals surface area (Å²) in [6, 6.07) is 3.55. The number of hydrogen-bond donors (Lipinski definition) is 2. The number of anilines is 1. The summed E-state index contributed by atoms with van der Waals surface area (Å²) in [7, 11) is 0. The molecule has 5 heteroatoms. The average Bonchev–Trinajstić information content (AvgIpc) is 2.94. The van der Waals surface area contributed by atoms with Crippen molar-refractivity contribution in [2.75, 3.05) is 18.5 Å². The maximum absolute atomic E-state index is 11.3. The standard InChI is InChI=1S/C13H14ClNO3/c14-10-5-11-8(4-12(16)15-11)3-9(10)13(17)7-1-2-18-6-7/h3,5,7,13,17H,1-2,4,6H2,(H,15,16). The number of aliphatic hydroxyl groups excluding tert-OH is 1. The third-order valence-electron chi connectivity index (χ3n) is 3.58. The number of amides is 1. The van der Waals surface area contributed by atoms with Crippen molar-refractivity contribution >= 4 is 23.2 Å². The molecule has 2 atom stereocenters. The summed E-state index contributed by atoms with van der Waals surface area (Å²) in [4.78, 5) is 11.3. The number of benzene rings is 1. The molecular formula is C13H14ClNO3. The number of hydrogen-bond acceptors (Lipinski definition) is 3. The van der Waals surface area contributed by atoms with Gasteiger partial charge in [-0.2, -0.15) is 0 Å². The molecule has 0 saturated carbocycles. The van der Waals surface area contributed by atoms with E-state index in [1.807, 2.05) is 6.07 Å². The number of fused-ring (bicyclic) bond motifs is 1. The highest BCUT2D eigenvalue weighted by Crippen LogP contribution is 2.37. The molecule has 2 aliphatic rings. The predicted molar refractivity (Wildman–Crippen MR) is 67.7 cm³/mol. The average molecular weight is 268 g/mol. The first-order valence-corrected chi connectivity index (χ1v) is 6.41. The van der Waals surface area contributed by atoms with Crippen LogP contribution in [0.1, 0.15) is 23.7 Å². The molecule has 0 aliphatic carbocycles. The van der Waals surface area contributed by atoms with E-state index in [1.165, 1.54) is 0 Å². The molecule has 0 radical (unpaired) electrons. The van der Waals surface area contributed by atoms with Crippen LogP contribution in [0.2, 0.25) is 5.02 Å². The minimum absolute atomic E-state index is 0.0306. The first kappa shape index (κ1) is 12.0. The van der Waals surface area contributed by atoms with E-state index in [-0.39, 0.29) is 11.8 Å². The zero-order valence-electron chi connectivity index (χ0n) is 9.78. The van der Waals surface area contributed by atoms with E-state index >= 15 is 0 Å². The van der Waals surface area contributed by atoms with Gasteiger partial charge in [0.15, 0.2) is 0 Å². The van der Waals surface area contributed by atoms with Gasteiger partial charge in [0, 0.05) is 23.2 Å². The van der Waals surface area contributed by atoms with Crippen molar-refractivity contribution in [3.05, 3.63) is 28.3 Å². The monoisotopic (exact) mass is 267 g/mol. The first-order valence-electron chi connectivity index (χ1n) is 6.03. The molecule has 1 fully saturated rings. The van der Waals surface area contributed by atoms with Crippen molar-refractivity contribution < 1.29 is 14.6 Å². The van der Waals surface area contributed by atoms with E-state index in [1.54, 1.807) is 6.07 Å². The van der Waals surface area contributed by atoms with Gasteiger partial charge in [0.2, 0.25) is 5.91 Å². The number of nitrogens with one attached hydrogen (secondary N) is 1. The molecule has 4 nitrogen and oxygen atoms in total. The molecule has 2 unspecified atom stereocenters. The van der Waals surface area contributed by atoms with Gasteiger partial charge in [0.05, 0.1) is 19.1 Å². The van der Waals surface area contributed by atoms with Crippen LogP contribution < -0.4 is 5.32 Å². The van der Waals surface area contributed by atoms with Gasteiger partial charge in [-0.15, -0.1) is 0 Å². The molecule has 1 amide bonds. The second-order valence-electron chi connectivity index (χ2n) is 4.82. The number of ether oxygens (including phenoxy) is 1. The molecule has 2 aliphatic heterocycles. The number of carbonyl (C=O) groups is 1. The summed E-state index contributed by atoms with van der Waals surface area (Å²) >= 11 is 6.18. The normalized spacial score (nSPS) is 23.9. The predicted octanol–water partition coefficient (Wildman–Crippen LogP) is 1.90. The van der Waals surface area contributed by atoms with E-state index in [0.29, 0.717) is 30.2 Å². The minimum Gasteiger partial charge on any atom is -0.388 e. The molecule has 1 aromatic rings. The molecule has 2 N–H and O–H groups in total. The van der Waals surface area contributed by atoms with Gasteiger partial charge in [-0.3, -0.25) is 4.79 Å². The van der Waals surface area contributed by atoms with Crippen LogP contribution in [-0.2, 0) is 16.0 Å². The van der Waals surface area contributed by atoms with Crippen molar-refractivity contribution in [2.24, 2.45) is 5.92 Å². The Hall–Kier alpha value is -1.10. The van der Waals surface area contributed by atoms with Crippen LogP contribution in [0.25, 0.3) is 0 Å². The summed E-state index contributed by atoms with van der Waals surface area (Å²) in [6.45, 7) is 1.25. The van der Waals surface area contributed by atoms with E-state index in [9.17, 15) is 9.90 Å². The lowest BCUT2D eigenvalue weighted by Gasteiger charge is -2.19. The molecule has 0 bridgehead atoms. The van der Waals surface area contributed by atoms with Crippen LogP contribution >= 0.6 is 11.6 Å². The van der Waals surface area contributed by atoms with E-state index < -0.39 is 6.10 Å². The Balaban J connectivity index is 1.92. The quantitative estimate of drug-likeness (QED) is 0.861. The Morgan fingerprint density at radius 2 is 2.33 bits per heavy atom. The highest BCUT2D eigenvalue weighted by Gasteiger charge is 2.29.